The highest BCUT2D eigenvalue weighted by atomic mass is 32.1. The van der Waals surface area contributed by atoms with Crippen molar-refractivity contribution in [3.8, 4) is 0 Å². The Kier molecular flexibility index (Phi) is 2.52. The second-order valence-corrected chi connectivity index (χ2v) is 6.10. The molecule has 0 aliphatic heterocycles. The van der Waals surface area contributed by atoms with E-state index in [1.165, 1.54) is 11.3 Å². The van der Waals surface area contributed by atoms with E-state index in [2.05, 4.69) is 28.3 Å². The number of nitrogens with one attached hydrogen (secondary N) is 1. The maximum Gasteiger partial charge on any atom is 0.138 e. The molecule has 0 bridgehead atoms. The molecule has 0 aromatic carbocycles. The first-order valence-corrected chi connectivity index (χ1v) is 6.72. The van der Waals surface area contributed by atoms with Crippen molar-refractivity contribution < 1.29 is 0 Å². The molecule has 2 aromatic rings. The molecule has 17 heavy (non-hydrogen) atoms. The number of thiophene rings is 1. The van der Waals surface area contributed by atoms with Crippen molar-refractivity contribution in [3.63, 3.8) is 0 Å². The Bertz CT molecular complexity index is 544. The first kappa shape index (κ1) is 10.9. The van der Waals surface area contributed by atoms with Crippen LogP contribution in [0.3, 0.4) is 0 Å². The number of aromatic nitrogens is 2. The first-order chi connectivity index (χ1) is 8.16. The van der Waals surface area contributed by atoms with E-state index in [-0.39, 0.29) is 5.54 Å². The van der Waals surface area contributed by atoms with Gasteiger partial charge in [-0.05, 0) is 32.3 Å². The molecule has 1 aliphatic rings. The van der Waals surface area contributed by atoms with Gasteiger partial charge < -0.3 is 11.1 Å². The minimum atomic E-state index is -0.0255. The summed E-state index contributed by atoms with van der Waals surface area (Å²) in [4.78, 5) is 10.9. The smallest absolute Gasteiger partial charge is 0.138 e. The molecule has 0 saturated heterocycles. The summed E-state index contributed by atoms with van der Waals surface area (Å²) in [7, 11) is 0. The quantitative estimate of drug-likeness (QED) is 0.874. The van der Waals surface area contributed by atoms with Gasteiger partial charge in [0.1, 0.15) is 17.0 Å². The van der Waals surface area contributed by atoms with Crippen LogP contribution in [0.2, 0.25) is 0 Å². The third-order valence-corrected chi connectivity index (χ3v) is 4.37. The fraction of sp³-hybridized carbons (Fsp3) is 0.500. The second-order valence-electron chi connectivity index (χ2n) is 4.87. The van der Waals surface area contributed by atoms with Gasteiger partial charge in [-0.25, -0.2) is 9.97 Å². The number of rotatable bonds is 3. The van der Waals surface area contributed by atoms with Gasteiger partial charge >= 0.3 is 0 Å². The van der Waals surface area contributed by atoms with Crippen LogP contribution in [0.4, 0.5) is 5.82 Å². The largest absolute Gasteiger partial charge is 0.368 e. The SMILES string of the molecule is Cc1cc2c(NCC3(N)CCC3)ncnc2s1. The summed E-state index contributed by atoms with van der Waals surface area (Å²) in [5, 5.41) is 4.48. The van der Waals surface area contributed by atoms with E-state index in [9.17, 15) is 0 Å². The Morgan fingerprint density at radius 1 is 1.47 bits per heavy atom. The summed E-state index contributed by atoms with van der Waals surface area (Å²) in [5.74, 6) is 0.913. The molecule has 2 heterocycles. The molecule has 90 valence electrons. The van der Waals surface area contributed by atoms with Gasteiger partial charge in [-0.15, -0.1) is 11.3 Å². The molecule has 1 fully saturated rings. The van der Waals surface area contributed by atoms with Crippen LogP contribution < -0.4 is 11.1 Å². The van der Waals surface area contributed by atoms with Crippen LogP contribution in [-0.2, 0) is 0 Å². The molecule has 3 N–H and O–H groups in total. The maximum absolute atomic E-state index is 6.20. The highest BCUT2D eigenvalue weighted by Crippen LogP contribution is 2.31. The lowest BCUT2D eigenvalue weighted by molar-refractivity contribution is 0.265. The van der Waals surface area contributed by atoms with Gasteiger partial charge in [-0.3, -0.25) is 0 Å². The minimum absolute atomic E-state index is 0.0255. The monoisotopic (exact) mass is 248 g/mol. The lowest BCUT2D eigenvalue weighted by Gasteiger charge is -2.38. The van der Waals surface area contributed by atoms with E-state index < -0.39 is 0 Å². The Morgan fingerprint density at radius 3 is 3.00 bits per heavy atom. The molecule has 1 saturated carbocycles. The van der Waals surface area contributed by atoms with Crippen LogP contribution in [0.15, 0.2) is 12.4 Å². The fourth-order valence-electron chi connectivity index (χ4n) is 2.18. The zero-order valence-corrected chi connectivity index (χ0v) is 10.7. The fourth-order valence-corrected chi connectivity index (χ4v) is 3.03. The number of aryl methyl sites for hydroxylation is 1. The third kappa shape index (κ3) is 2.00. The van der Waals surface area contributed by atoms with Crippen LogP contribution in [0.5, 0.6) is 0 Å². The Morgan fingerprint density at radius 2 is 2.29 bits per heavy atom. The summed E-state index contributed by atoms with van der Waals surface area (Å²) in [6.45, 7) is 2.89. The predicted molar refractivity (Wildman–Crippen MR) is 71.4 cm³/mol. The molecule has 0 atom stereocenters. The number of hydrogen-bond acceptors (Lipinski definition) is 5. The molecule has 4 nitrogen and oxygen atoms in total. The van der Waals surface area contributed by atoms with Crippen LogP contribution in [0.25, 0.3) is 10.2 Å². The lowest BCUT2D eigenvalue weighted by Crippen LogP contribution is -2.52. The van der Waals surface area contributed by atoms with E-state index >= 15 is 0 Å². The van der Waals surface area contributed by atoms with E-state index in [4.69, 9.17) is 5.73 Å². The molecule has 1 aliphatic carbocycles. The van der Waals surface area contributed by atoms with Crippen molar-refractivity contribution in [2.24, 2.45) is 5.73 Å². The lowest BCUT2D eigenvalue weighted by atomic mass is 9.78. The van der Waals surface area contributed by atoms with Gasteiger partial charge in [-0.1, -0.05) is 0 Å². The number of nitrogens with zero attached hydrogens (tertiary/aromatic N) is 2. The molecular weight excluding hydrogens is 232 g/mol. The maximum atomic E-state index is 6.20. The van der Waals surface area contributed by atoms with Gasteiger partial charge in [0.15, 0.2) is 0 Å². The average molecular weight is 248 g/mol. The predicted octanol–water partition coefficient (Wildman–Crippen LogP) is 2.29. The van der Waals surface area contributed by atoms with Crippen LogP contribution >= 0.6 is 11.3 Å². The highest BCUT2D eigenvalue weighted by molar-refractivity contribution is 7.18. The molecule has 0 amide bonds. The molecule has 0 spiro atoms. The van der Waals surface area contributed by atoms with Crippen molar-refractivity contribution in [3.05, 3.63) is 17.3 Å². The topological polar surface area (TPSA) is 63.8 Å². The van der Waals surface area contributed by atoms with Gasteiger partial charge in [0, 0.05) is 17.0 Å². The normalized spacial score (nSPS) is 18.0. The minimum Gasteiger partial charge on any atom is -0.368 e. The summed E-state index contributed by atoms with van der Waals surface area (Å²) in [6, 6.07) is 2.13. The van der Waals surface area contributed by atoms with Gasteiger partial charge in [0.2, 0.25) is 0 Å². The number of anilines is 1. The zero-order valence-electron chi connectivity index (χ0n) is 9.86. The van der Waals surface area contributed by atoms with Crippen molar-refractivity contribution in [1.82, 2.24) is 9.97 Å². The van der Waals surface area contributed by atoms with Crippen LogP contribution in [-0.4, -0.2) is 22.1 Å². The van der Waals surface area contributed by atoms with Gasteiger partial charge in [0.25, 0.3) is 0 Å². The van der Waals surface area contributed by atoms with Crippen molar-refractivity contribution >= 4 is 27.4 Å². The molecule has 2 aromatic heterocycles. The van der Waals surface area contributed by atoms with Gasteiger partial charge in [-0.2, -0.15) is 0 Å². The Labute approximate surface area is 104 Å². The first-order valence-electron chi connectivity index (χ1n) is 5.90. The molecule has 5 heteroatoms. The standard InChI is InChI=1S/C12H16N4S/c1-8-5-9-10(15-7-16-11(9)17-8)14-6-12(13)3-2-4-12/h5,7H,2-4,6,13H2,1H3,(H,14,15,16). The number of hydrogen-bond donors (Lipinski definition) is 2. The van der Waals surface area contributed by atoms with Gasteiger partial charge in [0.05, 0.1) is 5.39 Å². The van der Waals surface area contributed by atoms with Crippen LogP contribution in [0.1, 0.15) is 24.1 Å². The average Bonchev–Trinajstić information content (AvgIpc) is 2.64. The summed E-state index contributed by atoms with van der Waals surface area (Å²) in [6.07, 6.45) is 5.08. The third-order valence-electron chi connectivity index (χ3n) is 3.41. The Balaban J connectivity index is 1.84. The Hall–Kier alpha value is -1.20. The molecule has 3 rings (SSSR count). The summed E-state index contributed by atoms with van der Waals surface area (Å²) in [5.41, 5.74) is 6.17. The zero-order chi connectivity index (χ0) is 11.9. The molecular formula is C12H16N4S. The second kappa shape index (κ2) is 3.92. The van der Waals surface area contributed by atoms with Crippen molar-refractivity contribution in [2.75, 3.05) is 11.9 Å². The van der Waals surface area contributed by atoms with E-state index in [0.717, 1.165) is 35.4 Å². The van der Waals surface area contributed by atoms with Crippen molar-refractivity contribution in [2.45, 2.75) is 31.7 Å². The summed E-state index contributed by atoms with van der Waals surface area (Å²) < 4.78 is 0. The summed E-state index contributed by atoms with van der Waals surface area (Å²) >= 11 is 1.70. The van der Waals surface area contributed by atoms with E-state index in [1.54, 1.807) is 17.7 Å². The molecule has 0 unspecified atom stereocenters. The van der Waals surface area contributed by atoms with Crippen molar-refractivity contribution in [1.29, 1.82) is 0 Å². The number of fused-ring (bicyclic) bond motifs is 1. The van der Waals surface area contributed by atoms with Crippen LogP contribution in [0, 0.1) is 6.92 Å². The number of nitrogens with two attached hydrogens (primary N) is 1. The van der Waals surface area contributed by atoms with E-state index in [1.807, 2.05) is 0 Å². The highest BCUT2D eigenvalue weighted by Gasteiger charge is 2.32. The molecule has 0 radical (unpaired) electrons. The van der Waals surface area contributed by atoms with E-state index in [0.29, 0.717) is 0 Å².